The summed E-state index contributed by atoms with van der Waals surface area (Å²) in [7, 11) is 1.75. The van der Waals surface area contributed by atoms with Gasteiger partial charge in [-0.05, 0) is 30.2 Å². The Labute approximate surface area is 207 Å². The van der Waals surface area contributed by atoms with Crippen LogP contribution in [0.1, 0.15) is 11.4 Å². The molecule has 0 radical (unpaired) electrons. The summed E-state index contributed by atoms with van der Waals surface area (Å²) in [6, 6.07) is 5.06. The first-order valence-electron chi connectivity index (χ1n) is 10.4. The smallest absolute Gasteiger partial charge is 0.341 e. The number of nitrogens with one attached hydrogen (secondary N) is 1. The van der Waals surface area contributed by atoms with Gasteiger partial charge in [-0.25, -0.2) is 9.37 Å². The van der Waals surface area contributed by atoms with E-state index in [2.05, 4.69) is 25.6 Å². The van der Waals surface area contributed by atoms with Gasteiger partial charge in [-0.2, -0.15) is 40.5 Å². The zero-order chi connectivity index (χ0) is 25.1. The van der Waals surface area contributed by atoms with Crippen LogP contribution in [0, 0.1) is 6.92 Å². The van der Waals surface area contributed by atoms with E-state index in [9.17, 15) is 26.3 Å². The van der Waals surface area contributed by atoms with Gasteiger partial charge >= 0.3 is 12.1 Å². The Kier molecular flexibility index (Phi) is 6.31. The second-order valence-electron chi connectivity index (χ2n) is 8.24. The number of nitrogens with zero attached hydrogens (tertiary/aromatic N) is 7. The third-order valence-corrected chi connectivity index (χ3v) is 5.78. The van der Waals surface area contributed by atoms with Gasteiger partial charge in [-0.3, -0.25) is 4.68 Å². The number of fused-ring (bicyclic) bond motifs is 3. The van der Waals surface area contributed by atoms with Crippen LogP contribution < -0.4 is 5.32 Å². The molecule has 36 heavy (non-hydrogen) atoms. The highest BCUT2D eigenvalue weighted by Gasteiger charge is 2.62. The lowest BCUT2D eigenvalue weighted by Crippen LogP contribution is -2.37. The average Bonchev–Trinajstić information content (AvgIpc) is 3.46. The number of rotatable bonds is 4. The maximum atomic E-state index is 14.7. The molecule has 4 aromatic heterocycles. The zero-order valence-electron chi connectivity index (χ0n) is 18.9. The Morgan fingerprint density at radius 3 is 2.50 bits per heavy atom. The van der Waals surface area contributed by atoms with Gasteiger partial charge in [0.25, 0.3) is 0 Å². The normalized spacial score (nSPS) is 15.6. The van der Waals surface area contributed by atoms with E-state index in [0.29, 0.717) is 27.3 Å². The van der Waals surface area contributed by atoms with E-state index in [1.165, 1.54) is 4.57 Å². The monoisotopic (exact) mass is 530 g/mol. The van der Waals surface area contributed by atoms with Crippen molar-refractivity contribution in [2.45, 2.75) is 38.3 Å². The first kappa shape index (κ1) is 25.6. The maximum absolute atomic E-state index is 14.7. The van der Waals surface area contributed by atoms with Crippen LogP contribution in [0.15, 0.2) is 36.8 Å². The number of aromatic nitrogens is 7. The molecule has 1 aliphatic heterocycles. The van der Waals surface area contributed by atoms with E-state index < -0.39 is 30.6 Å². The third kappa shape index (κ3) is 4.20. The summed E-state index contributed by atoms with van der Waals surface area (Å²) in [5, 5.41) is 13.9. The minimum absolute atomic E-state index is 0. The van der Waals surface area contributed by atoms with E-state index in [0.717, 1.165) is 5.56 Å². The molecule has 192 valence electrons. The van der Waals surface area contributed by atoms with Gasteiger partial charge in [0.15, 0.2) is 5.82 Å². The van der Waals surface area contributed by atoms with E-state index in [-0.39, 0.29) is 31.6 Å². The minimum atomic E-state index is -5.90. The van der Waals surface area contributed by atoms with Crippen molar-refractivity contribution in [3.8, 4) is 22.6 Å². The Morgan fingerprint density at radius 1 is 1.08 bits per heavy atom. The van der Waals surface area contributed by atoms with Crippen LogP contribution in [0.2, 0.25) is 0 Å². The van der Waals surface area contributed by atoms with Crippen LogP contribution in [0.3, 0.4) is 0 Å². The SMILES string of the molecule is Cc1cnc(Nc2ccnn2C)cc1-c1cc2n(c1)C[C@H](F)Cn1c-2nnc1C(F)(F)C(F)(F)F.S. The Morgan fingerprint density at radius 2 is 1.83 bits per heavy atom. The molecule has 4 aromatic rings. The summed E-state index contributed by atoms with van der Waals surface area (Å²) in [6.45, 7) is 0.828. The number of hydrogen-bond donors (Lipinski definition) is 1. The van der Waals surface area contributed by atoms with Crippen molar-refractivity contribution in [1.29, 1.82) is 0 Å². The molecular weight excluding hydrogens is 510 g/mol. The summed E-state index contributed by atoms with van der Waals surface area (Å²) in [4.78, 5) is 4.34. The van der Waals surface area contributed by atoms with Crippen LogP contribution in [0.4, 0.5) is 38.0 Å². The maximum Gasteiger partial charge on any atom is 0.461 e. The fourth-order valence-corrected chi connectivity index (χ4v) is 4.02. The van der Waals surface area contributed by atoms with Crippen molar-refractivity contribution < 1.29 is 26.3 Å². The zero-order valence-corrected chi connectivity index (χ0v) is 19.9. The summed E-state index contributed by atoms with van der Waals surface area (Å²) in [5.74, 6) is -6.01. The number of alkyl halides is 6. The molecule has 8 nitrogen and oxygen atoms in total. The lowest BCUT2D eigenvalue weighted by Gasteiger charge is -2.20. The summed E-state index contributed by atoms with van der Waals surface area (Å²) < 4.78 is 85.4. The van der Waals surface area contributed by atoms with Gasteiger partial charge in [-0.1, -0.05) is 0 Å². The molecule has 0 aliphatic carbocycles. The highest BCUT2D eigenvalue weighted by Crippen LogP contribution is 2.44. The highest BCUT2D eigenvalue weighted by molar-refractivity contribution is 7.59. The van der Waals surface area contributed by atoms with Crippen molar-refractivity contribution in [3.05, 3.63) is 48.2 Å². The van der Waals surface area contributed by atoms with E-state index in [4.69, 9.17) is 0 Å². The van der Waals surface area contributed by atoms with Crippen molar-refractivity contribution in [2.24, 2.45) is 7.05 Å². The van der Waals surface area contributed by atoms with Gasteiger partial charge in [-0.15, -0.1) is 10.2 Å². The Balaban J connectivity index is 0.00000304. The quantitative estimate of drug-likeness (QED) is 0.387. The van der Waals surface area contributed by atoms with Gasteiger partial charge in [0.1, 0.15) is 17.8 Å². The summed E-state index contributed by atoms with van der Waals surface area (Å²) in [6.07, 6.45) is -2.80. The molecule has 0 saturated heterocycles. The standard InChI is InChI=1S/C21H18F6N8.H2S/c1-11-7-28-16(30-17-3-4-29-33(17)2)6-14(11)12-5-15-18-31-32-19(20(23,24)21(25,26)27)35(18)10-13(22)9-34(15)8-12;/h3-8,13H,9-10H2,1-2H3,(H,28,30);1H2/t13-;/m0./s1. The second kappa shape index (κ2) is 8.87. The molecule has 1 aliphatic rings. The molecule has 0 bridgehead atoms. The largest absolute Gasteiger partial charge is 0.461 e. The van der Waals surface area contributed by atoms with Gasteiger partial charge in [0.05, 0.1) is 25.0 Å². The molecule has 1 N–H and O–H groups in total. The molecule has 0 aromatic carbocycles. The van der Waals surface area contributed by atoms with E-state index in [1.54, 1.807) is 48.5 Å². The van der Waals surface area contributed by atoms with Gasteiger partial charge in [0, 0.05) is 31.1 Å². The number of anilines is 2. The Hall–Kier alpha value is -3.49. The molecule has 15 heteroatoms. The molecule has 0 fully saturated rings. The lowest BCUT2D eigenvalue weighted by atomic mass is 10.1. The first-order valence-corrected chi connectivity index (χ1v) is 10.4. The lowest BCUT2D eigenvalue weighted by molar-refractivity contribution is -0.293. The average molecular weight is 531 g/mol. The summed E-state index contributed by atoms with van der Waals surface area (Å²) >= 11 is 0. The molecule has 5 heterocycles. The number of halogens is 6. The topological polar surface area (TPSA) is 78.4 Å². The molecule has 0 saturated carbocycles. The van der Waals surface area contributed by atoms with Gasteiger partial charge in [0.2, 0.25) is 5.82 Å². The number of pyridine rings is 1. The predicted molar refractivity (Wildman–Crippen MR) is 123 cm³/mol. The van der Waals surface area contributed by atoms with Crippen molar-refractivity contribution >= 4 is 25.1 Å². The first-order chi connectivity index (χ1) is 16.5. The third-order valence-electron chi connectivity index (χ3n) is 5.78. The molecular formula is C21H20F6N8S. The van der Waals surface area contributed by atoms with Crippen LogP contribution in [-0.4, -0.2) is 46.4 Å². The molecule has 0 amide bonds. The van der Waals surface area contributed by atoms with Crippen LogP contribution in [0.5, 0.6) is 0 Å². The van der Waals surface area contributed by atoms with Crippen molar-refractivity contribution in [1.82, 2.24) is 34.1 Å². The predicted octanol–water partition coefficient (Wildman–Crippen LogP) is 4.71. The fourth-order valence-electron chi connectivity index (χ4n) is 4.02. The highest BCUT2D eigenvalue weighted by atomic mass is 32.1. The van der Waals surface area contributed by atoms with Gasteiger partial charge < -0.3 is 14.5 Å². The van der Waals surface area contributed by atoms with E-state index >= 15 is 0 Å². The molecule has 0 spiro atoms. The van der Waals surface area contributed by atoms with Crippen LogP contribution >= 0.6 is 13.5 Å². The molecule has 5 rings (SSSR count). The molecule has 0 unspecified atom stereocenters. The molecule has 1 atom stereocenters. The second-order valence-corrected chi connectivity index (χ2v) is 8.24. The summed E-state index contributed by atoms with van der Waals surface area (Å²) in [5.41, 5.74) is 2.23. The van der Waals surface area contributed by atoms with Crippen molar-refractivity contribution in [2.75, 3.05) is 5.32 Å². The fraction of sp³-hybridized carbons (Fsp3) is 0.333. The van der Waals surface area contributed by atoms with Crippen LogP contribution in [-0.2, 0) is 26.1 Å². The van der Waals surface area contributed by atoms with E-state index in [1.807, 2.05) is 6.92 Å². The number of hydrogen-bond acceptors (Lipinski definition) is 5. The van der Waals surface area contributed by atoms with Crippen molar-refractivity contribution in [3.63, 3.8) is 0 Å². The van der Waals surface area contributed by atoms with Crippen LogP contribution in [0.25, 0.3) is 22.6 Å². The minimum Gasteiger partial charge on any atom is -0.341 e. The Bertz CT molecular complexity index is 1410. The number of aryl methyl sites for hydroxylation is 2.